The molecule has 2 aliphatic heterocycles. The van der Waals surface area contributed by atoms with Crippen molar-refractivity contribution >= 4 is 0 Å². The number of aliphatic hydroxyl groups is 1. The van der Waals surface area contributed by atoms with Gasteiger partial charge in [-0.15, -0.1) is 0 Å². The first kappa shape index (κ1) is 17.2. The standard InChI is InChI=1S/C17H34N2O2/c1-7-13-11-18(6)9-8-10-19(13)12-14-15(20)17(4,5)21-16(14,2)3/h13-15,20H,7-12H2,1-6H3. The van der Waals surface area contributed by atoms with Crippen molar-refractivity contribution in [3.63, 3.8) is 0 Å². The van der Waals surface area contributed by atoms with E-state index < -0.39 is 11.7 Å². The van der Waals surface area contributed by atoms with E-state index in [2.05, 4.69) is 37.6 Å². The summed E-state index contributed by atoms with van der Waals surface area (Å²) in [5.41, 5.74) is -0.710. The molecule has 4 nitrogen and oxygen atoms in total. The molecule has 4 heteroatoms. The van der Waals surface area contributed by atoms with Crippen molar-refractivity contribution in [3.8, 4) is 0 Å². The first-order valence-corrected chi connectivity index (χ1v) is 8.48. The summed E-state index contributed by atoms with van der Waals surface area (Å²) in [4.78, 5) is 5.02. The van der Waals surface area contributed by atoms with Crippen LogP contribution in [0.2, 0.25) is 0 Å². The van der Waals surface area contributed by atoms with Gasteiger partial charge in [0.25, 0.3) is 0 Å². The van der Waals surface area contributed by atoms with Crippen molar-refractivity contribution in [1.82, 2.24) is 9.80 Å². The molecule has 0 spiro atoms. The van der Waals surface area contributed by atoms with Gasteiger partial charge in [-0.2, -0.15) is 0 Å². The molecule has 2 fully saturated rings. The highest BCUT2D eigenvalue weighted by Gasteiger charge is 2.53. The van der Waals surface area contributed by atoms with E-state index in [-0.39, 0.29) is 11.5 Å². The second kappa shape index (κ2) is 6.15. The fourth-order valence-electron chi connectivity index (χ4n) is 4.17. The topological polar surface area (TPSA) is 35.9 Å². The summed E-state index contributed by atoms with van der Waals surface area (Å²) in [5.74, 6) is 0.171. The minimum Gasteiger partial charge on any atom is -0.390 e. The Labute approximate surface area is 130 Å². The third-order valence-corrected chi connectivity index (χ3v) is 5.44. The largest absolute Gasteiger partial charge is 0.390 e. The Morgan fingerprint density at radius 1 is 1.14 bits per heavy atom. The molecule has 0 aromatic heterocycles. The molecule has 3 unspecified atom stereocenters. The lowest BCUT2D eigenvalue weighted by molar-refractivity contribution is -0.0915. The third kappa shape index (κ3) is 3.61. The smallest absolute Gasteiger partial charge is 0.0896 e. The molecule has 0 aromatic carbocycles. The van der Waals surface area contributed by atoms with E-state index in [4.69, 9.17) is 4.74 Å². The van der Waals surface area contributed by atoms with E-state index in [0.29, 0.717) is 6.04 Å². The molecule has 2 saturated heterocycles. The van der Waals surface area contributed by atoms with Crippen LogP contribution in [0.4, 0.5) is 0 Å². The fraction of sp³-hybridized carbons (Fsp3) is 1.00. The number of aliphatic hydroxyl groups excluding tert-OH is 1. The molecule has 21 heavy (non-hydrogen) atoms. The highest BCUT2D eigenvalue weighted by atomic mass is 16.5. The first-order valence-electron chi connectivity index (χ1n) is 8.48. The number of likely N-dealkylation sites (N-methyl/N-ethyl adjacent to an activating group) is 1. The van der Waals surface area contributed by atoms with Gasteiger partial charge in [0.2, 0.25) is 0 Å². The zero-order chi connectivity index (χ0) is 15.8. The maximum atomic E-state index is 10.7. The molecule has 0 aromatic rings. The van der Waals surface area contributed by atoms with Crippen molar-refractivity contribution in [1.29, 1.82) is 0 Å². The average Bonchev–Trinajstić information content (AvgIpc) is 2.51. The SMILES string of the molecule is CCC1CN(C)CCCN1CC1C(O)C(C)(C)OC1(C)C. The van der Waals surface area contributed by atoms with Crippen molar-refractivity contribution in [2.24, 2.45) is 5.92 Å². The number of rotatable bonds is 3. The van der Waals surface area contributed by atoms with E-state index in [9.17, 15) is 5.11 Å². The van der Waals surface area contributed by atoms with E-state index in [1.54, 1.807) is 0 Å². The number of nitrogens with zero attached hydrogens (tertiary/aromatic N) is 2. The van der Waals surface area contributed by atoms with Gasteiger partial charge in [-0.25, -0.2) is 0 Å². The second-order valence-corrected chi connectivity index (χ2v) is 8.03. The molecule has 0 amide bonds. The summed E-state index contributed by atoms with van der Waals surface area (Å²) < 4.78 is 6.14. The predicted octanol–water partition coefficient (Wildman–Crippen LogP) is 1.97. The number of ether oxygens (including phenoxy) is 1. The van der Waals surface area contributed by atoms with Gasteiger partial charge in [0.15, 0.2) is 0 Å². The molecule has 124 valence electrons. The van der Waals surface area contributed by atoms with Crippen molar-refractivity contribution < 1.29 is 9.84 Å². The van der Waals surface area contributed by atoms with Gasteiger partial charge in [0.05, 0.1) is 17.3 Å². The zero-order valence-electron chi connectivity index (χ0n) is 14.7. The Morgan fingerprint density at radius 3 is 2.33 bits per heavy atom. The fourth-order valence-corrected chi connectivity index (χ4v) is 4.17. The predicted molar refractivity (Wildman–Crippen MR) is 86.5 cm³/mol. The molecule has 0 bridgehead atoms. The van der Waals surface area contributed by atoms with Gasteiger partial charge in [-0.1, -0.05) is 6.92 Å². The van der Waals surface area contributed by atoms with Crippen LogP contribution in [0.5, 0.6) is 0 Å². The van der Waals surface area contributed by atoms with Crippen LogP contribution in [-0.2, 0) is 4.74 Å². The molecule has 2 rings (SSSR count). The van der Waals surface area contributed by atoms with Gasteiger partial charge >= 0.3 is 0 Å². The van der Waals surface area contributed by atoms with Gasteiger partial charge in [0, 0.05) is 25.0 Å². The Hall–Kier alpha value is -0.160. The Kier molecular flexibility index (Phi) is 5.04. The quantitative estimate of drug-likeness (QED) is 0.864. The molecule has 2 aliphatic rings. The molecule has 1 N–H and O–H groups in total. The van der Waals surface area contributed by atoms with E-state index >= 15 is 0 Å². The summed E-state index contributed by atoms with van der Waals surface area (Å²) in [6.07, 6.45) is 1.98. The van der Waals surface area contributed by atoms with Crippen LogP contribution in [0.25, 0.3) is 0 Å². The molecular weight excluding hydrogens is 264 g/mol. The monoisotopic (exact) mass is 298 g/mol. The molecule has 0 aliphatic carbocycles. The van der Waals surface area contributed by atoms with Gasteiger partial charge in [-0.3, -0.25) is 4.90 Å². The molecular formula is C17H34N2O2. The molecule has 0 radical (unpaired) electrons. The number of hydrogen-bond acceptors (Lipinski definition) is 4. The Morgan fingerprint density at radius 2 is 1.81 bits per heavy atom. The van der Waals surface area contributed by atoms with Crippen LogP contribution in [0.1, 0.15) is 47.5 Å². The van der Waals surface area contributed by atoms with Crippen LogP contribution in [0.3, 0.4) is 0 Å². The van der Waals surface area contributed by atoms with E-state index in [1.807, 2.05) is 13.8 Å². The Bertz CT molecular complexity index is 357. The van der Waals surface area contributed by atoms with Crippen LogP contribution in [0, 0.1) is 5.92 Å². The van der Waals surface area contributed by atoms with Gasteiger partial charge < -0.3 is 14.7 Å². The number of hydrogen-bond donors (Lipinski definition) is 1. The second-order valence-electron chi connectivity index (χ2n) is 8.03. The molecule has 2 heterocycles. The highest BCUT2D eigenvalue weighted by Crippen LogP contribution is 2.42. The normalized spacial score (nSPS) is 37.6. The summed E-state index contributed by atoms with van der Waals surface area (Å²) in [6, 6.07) is 0.587. The van der Waals surface area contributed by atoms with E-state index in [1.165, 1.54) is 13.0 Å². The van der Waals surface area contributed by atoms with Gasteiger partial charge in [-0.05, 0) is 60.7 Å². The summed E-state index contributed by atoms with van der Waals surface area (Å²) >= 11 is 0. The maximum absolute atomic E-state index is 10.7. The lowest BCUT2D eigenvalue weighted by atomic mass is 9.84. The lowest BCUT2D eigenvalue weighted by Gasteiger charge is -2.36. The van der Waals surface area contributed by atoms with E-state index in [0.717, 1.165) is 26.1 Å². The summed E-state index contributed by atoms with van der Waals surface area (Å²) in [5, 5.41) is 10.7. The van der Waals surface area contributed by atoms with Crippen LogP contribution < -0.4 is 0 Å². The minimum absolute atomic E-state index is 0.171. The average molecular weight is 298 g/mol. The van der Waals surface area contributed by atoms with Crippen molar-refractivity contribution in [3.05, 3.63) is 0 Å². The van der Waals surface area contributed by atoms with Crippen LogP contribution in [-0.4, -0.2) is 71.5 Å². The molecule has 0 saturated carbocycles. The van der Waals surface area contributed by atoms with Crippen molar-refractivity contribution in [2.75, 3.05) is 33.2 Å². The first-order chi connectivity index (χ1) is 9.67. The minimum atomic E-state index is -0.446. The van der Waals surface area contributed by atoms with Gasteiger partial charge in [0.1, 0.15) is 0 Å². The zero-order valence-corrected chi connectivity index (χ0v) is 14.7. The van der Waals surface area contributed by atoms with Crippen LogP contribution >= 0.6 is 0 Å². The lowest BCUT2D eigenvalue weighted by Crippen LogP contribution is -2.48. The Balaban J connectivity index is 2.11. The third-order valence-electron chi connectivity index (χ3n) is 5.44. The highest BCUT2D eigenvalue weighted by molar-refractivity contribution is 5.03. The summed E-state index contributed by atoms with van der Waals surface area (Å²) in [6.45, 7) is 14.9. The molecule has 3 atom stereocenters. The summed E-state index contributed by atoms with van der Waals surface area (Å²) in [7, 11) is 2.22. The van der Waals surface area contributed by atoms with Crippen molar-refractivity contribution in [2.45, 2.75) is 70.8 Å². The van der Waals surface area contributed by atoms with Crippen LogP contribution in [0.15, 0.2) is 0 Å². The maximum Gasteiger partial charge on any atom is 0.0896 e.